The summed E-state index contributed by atoms with van der Waals surface area (Å²) in [5.41, 5.74) is 0. The molecule has 0 radical (unpaired) electrons. The second-order valence-corrected chi connectivity index (χ2v) is 2.82. The standard InChI is InChI=1S/C8H14O.ClH/c1-2-7-5-3-4-6-8(7)9;/h7H,2-6H2,1H3;1H. The summed E-state index contributed by atoms with van der Waals surface area (Å²) in [4.78, 5) is 11.0. The number of hydrogen-bond acceptors (Lipinski definition) is 1. The van der Waals surface area contributed by atoms with Gasteiger partial charge in [0.15, 0.2) is 0 Å². The second-order valence-electron chi connectivity index (χ2n) is 2.82. The average Bonchev–Trinajstić information content (AvgIpc) is 1.89. The van der Waals surface area contributed by atoms with Crippen molar-refractivity contribution in [1.82, 2.24) is 0 Å². The summed E-state index contributed by atoms with van der Waals surface area (Å²) in [6.45, 7) is 2.11. The van der Waals surface area contributed by atoms with Crippen LogP contribution in [0.1, 0.15) is 39.0 Å². The molecule has 1 aliphatic carbocycles. The molecule has 0 saturated heterocycles. The molecule has 0 aromatic rings. The molecule has 1 atom stereocenters. The topological polar surface area (TPSA) is 17.1 Å². The highest BCUT2D eigenvalue weighted by Gasteiger charge is 2.19. The fraction of sp³-hybridized carbons (Fsp3) is 0.875. The third-order valence-electron chi connectivity index (χ3n) is 2.17. The Balaban J connectivity index is 0.000000810. The van der Waals surface area contributed by atoms with Crippen molar-refractivity contribution in [3.8, 4) is 0 Å². The van der Waals surface area contributed by atoms with E-state index in [1.807, 2.05) is 0 Å². The van der Waals surface area contributed by atoms with Crippen LogP contribution in [0.4, 0.5) is 0 Å². The van der Waals surface area contributed by atoms with Crippen molar-refractivity contribution in [3.05, 3.63) is 0 Å². The maximum Gasteiger partial charge on any atom is 0.135 e. The van der Waals surface area contributed by atoms with E-state index in [0.29, 0.717) is 11.7 Å². The molecule has 1 aliphatic rings. The molecule has 10 heavy (non-hydrogen) atoms. The van der Waals surface area contributed by atoms with E-state index in [9.17, 15) is 4.79 Å². The molecule has 0 N–H and O–H groups in total. The molecular weight excluding hydrogens is 148 g/mol. The summed E-state index contributed by atoms with van der Waals surface area (Å²) in [7, 11) is 0. The van der Waals surface area contributed by atoms with Gasteiger partial charge < -0.3 is 0 Å². The maximum atomic E-state index is 11.0. The van der Waals surface area contributed by atoms with Gasteiger partial charge in [-0.2, -0.15) is 0 Å². The third-order valence-corrected chi connectivity index (χ3v) is 2.17. The first-order chi connectivity index (χ1) is 4.34. The van der Waals surface area contributed by atoms with Gasteiger partial charge in [0.05, 0.1) is 0 Å². The first kappa shape index (κ1) is 9.96. The second kappa shape index (κ2) is 4.73. The zero-order valence-electron chi connectivity index (χ0n) is 6.43. The summed E-state index contributed by atoms with van der Waals surface area (Å²) in [5, 5.41) is 0. The van der Waals surface area contributed by atoms with Gasteiger partial charge in [-0.25, -0.2) is 0 Å². The lowest BCUT2D eigenvalue weighted by Crippen LogP contribution is -2.17. The fourth-order valence-electron chi connectivity index (χ4n) is 1.49. The van der Waals surface area contributed by atoms with Gasteiger partial charge >= 0.3 is 0 Å². The minimum Gasteiger partial charge on any atom is -0.299 e. The number of ketones is 1. The highest BCUT2D eigenvalue weighted by atomic mass is 35.5. The van der Waals surface area contributed by atoms with Crippen LogP contribution in [0.25, 0.3) is 0 Å². The van der Waals surface area contributed by atoms with E-state index in [2.05, 4.69) is 6.92 Å². The third kappa shape index (κ3) is 2.30. The lowest BCUT2D eigenvalue weighted by molar-refractivity contribution is -0.124. The van der Waals surface area contributed by atoms with Crippen LogP contribution >= 0.6 is 12.4 Å². The Morgan fingerprint density at radius 3 is 2.60 bits per heavy atom. The summed E-state index contributed by atoms with van der Waals surface area (Å²) in [6, 6.07) is 0. The summed E-state index contributed by atoms with van der Waals surface area (Å²) >= 11 is 0. The maximum absolute atomic E-state index is 11.0. The number of rotatable bonds is 1. The molecule has 2 heteroatoms. The molecule has 0 aromatic heterocycles. The summed E-state index contributed by atoms with van der Waals surface area (Å²) in [5.74, 6) is 0.919. The predicted octanol–water partition coefficient (Wildman–Crippen LogP) is 2.58. The molecule has 0 aliphatic heterocycles. The average molecular weight is 163 g/mol. The van der Waals surface area contributed by atoms with Gasteiger partial charge in [-0.15, -0.1) is 12.4 Å². The molecule has 1 nitrogen and oxygen atoms in total. The van der Waals surface area contributed by atoms with Gasteiger partial charge in [-0.05, 0) is 19.3 Å². The van der Waals surface area contributed by atoms with Crippen molar-refractivity contribution < 1.29 is 4.79 Å². The zero-order chi connectivity index (χ0) is 6.69. The van der Waals surface area contributed by atoms with E-state index < -0.39 is 0 Å². The summed E-state index contributed by atoms with van der Waals surface area (Å²) in [6.07, 6.45) is 5.45. The van der Waals surface area contributed by atoms with Gasteiger partial charge in [-0.3, -0.25) is 4.79 Å². The zero-order valence-corrected chi connectivity index (χ0v) is 7.25. The minimum atomic E-state index is 0. The Labute approximate surface area is 68.6 Å². The van der Waals surface area contributed by atoms with Crippen LogP contribution in [0.2, 0.25) is 0 Å². The van der Waals surface area contributed by atoms with Crippen molar-refractivity contribution in [2.45, 2.75) is 39.0 Å². The van der Waals surface area contributed by atoms with Crippen molar-refractivity contribution in [2.24, 2.45) is 5.92 Å². The Morgan fingerprint density at radius 1 is 1.50 bits per heavy atom. The van der Waals surface area contributed by atoms with E-state index >= 15 is 0 Å². The molecule has 0 heterocycles. The Morgan fingerprint density at radius 2 is 2.20 bits per heavy atom. The predicted molar refractivity (Wildman–Crippen MR) is 44.5 cm³/mol. The van der Waals surface area contributed by atoms with Crippen LogP contribution in [0.3, 0.4) is 0 Å². The van der Waals surface area contributed by atoms with E-state index in [0.717, 1.165) is 25.7 Å². The lowest BCUT2D eigenvalue weighted by Gasteiger charge is -2.17. The highest BCUT2D eigenvalue weighted by Crippen LogP contribution is 2.22. The normalized spacial score (nSPS) is 25.7. The van der Waals surface area contributed by atoms with Crippen LogP contribution < -0.4 is 0 Å². The number of Topliss-reactive ketones (excluding diaryl/α,β-unsaturated/α-hetero) is 1. The molecule has 1 saturated carbocycles. The van der Waals surface area contributed by atoms with Crippen molar-refractivity contribution in [1.29, 1.82) is 0 Å². The van der Waals surface area contributed by atoms with Crippen molar-refractivity contribution >= 4 is 18.2 Å². The molecule has 1 rings (SSSR count). The van der Waals surface area contributed by atoms with Crippen LogP contribution in [0.5, 0.6) is 0 Å². The minimum absolute atomic E-state index is 0. The summed E-state index contributed by atoms with van der Waals surface area (Å²) < 4.78 is 0. The quantitative estimate of drug-likeness (QED) is 0.579. The smallest absolute Gasteiger partial charge is 0.135 e. The van der Waals surface area contributed by atoms with Gasteiger partial charge in [-0.1, -0.05) is 13.3 Å². The molecule has 0 spiro atoms. The molecule has 1 fully saturated rings. The molecule has 60 valence electrons. The SMILES string of the molecule is CCC1CCCCC1=O.Cl. The Bertz CT molecular complexity index is 112. The number of carbonyl (C=O) groups excluding carboxylic acids is 1. The van der Waals surface area contributed by atoms with Crippen LogP contribution in [0, 0.1) is 5.92 Å². The Kier molecular flexibility index (Phi) is 4.71. The fourth-order valence-corrected chi connectivity index (χ4v) is 1.49. The largest absolute Gasteiger partial charge is 0.299 e. The van der Waals surface area contributed by atoms with E-state index in [-0.39, 0.29) is 12.4 Å². The first-order valence-corrected chi connectivity index (χ1v) is 3.87. The first-order valence-electron chi connectivity index (χ1n) is 3.87. The van der Waals surface area contributed by atoms with Gasteiger partial charge in [0.1, 0.15) is 5.78 Å². The monoisotopic (exact) mass is 162 g/mol. The molecule has 0 bridgehead atoms. The van der Waals surface area contributed by atoms with E-state index in [4.69, 9.17) is 0 Å². The molecule has 0 amide bonds. The van der Waals surface area contributed by atoms with E-state index in [1.54, 1.807) is 0 Å². The van der Waals surface area contributed by atoms with Crippen LogP contribution in [-0.2, 0) is 4.79 Å². The molecule has 0 aromatic carbocycles. The molecule has 1 unspecified atom stereocenters. The van der Waals surface area contributed by atoms with Crippen LogP contribution in [-0.4, -0.2) is 5.78 Å². The van der Waals surface area contributed by atoms with E-state index in [1.165, 1.54) is 6.42 Å². The van der Waals surface area contributed by atoms with Crippen molar-refractivity contribution in [3.63, 3.8) is 0 Å². The van der Waals surface area contributed by atoms with Crippen molar-refractivity contribution in [2.75, 3.05) is 0 Å². The Hall–Kier alpha value is -0.0400. The van der Waals surface area contributed by atoms with Gasteiger partial charge in [0, 0.05) is 12.3 Å². The number of halogens is 1. The molecular formula is C8H15ClO. The van der Waals surface area contributed by atoms with Gasteiger partial charge in [0.2, 0.25) is 0 Å². The number of carbonyl (C=O) groups is 1. The van der Waals surface area contributed by atoms with Crippen LogP contribution in [0.15, 0.2) is 0 Å². The highest BCUT2D eigenvalue weighted by molar-refractivity contribution is 5.85. The number of hydrogen-bond donors (Lipinski definition) is 0. The lowest BCUT2D eigenvalue weighted by atomic mass is 9.86. The van der Waals surface area contributed by atoms with Gasteiger partial charge in [0.25, 0.3) is 0 Å².